The lowest BCUT2D eigenvalue weighted by Gasteiger charge is -2.26. The van der Waals surface area contributed by atoms with E-state index in [1.807, 2.05) is 30.3 Å². The number of benzene rings is 2. The number of hydrogen-bond acceptors (Lipinski definition) is 8. The maximum absolute atomic E-state index is 12.8. The van der Waals surface area contributed by atoms with Crippen LogP contribution >= 0.6 is 11.3 Å². The lowest BCUT2D eigenvalue weighted by atomic mass is 10.0. The number of ether oxygens (including phenoxy) is 2. The maximum atomic E-state index is 12.8. The van der Waals surface area contributed by atoms with Crippen LogP contribution in [0, 0.1) is 11.3 Å². The number of nitriles is 1. The fourth-order valence-electron chi connectivity index (χ4n) is 3.77. The normalized spacial score (nSPS) is 13.5. The molecule has 170 valence electrons. The minimum atomic E-state index is -0.213. The van der Waals surface area contributed by atoms with Gasteiger partial charge in [0, 0.05) is 18.7 Å². The molecule has 9 nitrogen and oxygen atoms in total. The van der Waals surface area contributed by atoms with Crippen LogP contribution in [-0.2, 0) is 4.74 Å². The van der Waals surface area contributed by atoms with E-state index >= 15 is 0 Å². The van der Waals surface area contributed by atoms with Gasteiger partial charge >= 0.3 is 6.03 Å². The number of nitrogens with zero attached hydrogens (tertiary/aromatic N) is 5. The number of anilines is 1. The first-order chi connectivity index (χ1) is 16.7. The summed E-state index contributed by atoms with van der Waals surface area (Å²) in [7, 11) is 1.57. The van der Waals surface area contributed by atoms with Gasteiger partial charge in [0.25, 0.3) is 0 Å². The Bertz CT molecular complexity index is 1410. The van der Waals surface area contributed by atoms with E-state index in [2.05, 4.69) is 21.4 Å². The second-order valence-electron chi connectivity index (χ2n) is 7.53. The largest absolute Gasteiger partial charge is 0.480 e. The van der Waals surface area contributed by atoms with Crippen LogP contribution in [0.3, 0.4) is 0 Å². The number of morpholine rings is 1. The van der Waals surface area contributed by atoms with Crippen LogP contribution in [0.4, 0.5) is 9.93 Å². The molecule has 0 radical (unpaired) electrons. The fourth-order valence-corrected chi connectivity index (χ4v) is 4.75. The van der Waals surface area contributed by atoms with Crippen LogP contribution in [0.5, 0.6) is 5.88 Å². The average Bonchev–Trinajstić information content (AvgIpc) is 3.32. The number of rotatable bonds is 4. The molecule has 0 atom stereocenters. The number of carbonyl (C=O) groups excluding carboxylic acids is 1. The Morgan fingerprint density at radius 1 is 1.18 bits per heavy atom. The topological polar surface area (TPSA) is 113 Å². The van der Waals surface area contributed by atoms with Crippen molar-refractivity contribution >= 4 is 33.4 Å². The molecule has 1 fully saturated rings. The zero-order valence-electron chi connectivity index (χ0n) is 18.3. The van der Waals surface area contributed by atoms with Gasteiger partial charge < -0.3 is 14.4 Å². The Balaban J connectivity index is 1.59. The van der Waals surface area contributed by atoms with E-state index in [-0.39, 0.29) is 6.03 Å². The van der Waals surface area contributed by atoms with Crippen LogP contribution in [0.15, 0.2) is 48.8 Å². The number of carbonyl (C=O) groups is 1. The molecule has 4 aromatic rings. The van der Waals surface area contributed by atoms with E-state index in [0.29, 0.717) is 48.6 Å². The van der Waals surface area contributed by atoms with E-state index in [0.717, 1.165) is 26.9 Å². The van der Waals surface area contributed by atoms with Crippen molar-refractivity contribution in [3.8, 4) is 33.6 Å². The van der Waals surface area contributed by atoms with E-state index in [9.17, 15) is 10.1 Å². The third-order valence-electron chi connectivity index (χ3n) is 5.46. The predicted octanol–water partition coefficient (Wildman–Crippen LogP) is 4.16. The molecule has 0 spiro atoms. The molecule has 0 aliphatic carbocycles. The smallest absolute Gasteiger partial charge is 0.323 e. The first-order valence-electron chi connectivity index (χ1n) is 10.6. The summed E-state index contributed by atoms with van der Waals surface area (Å²) in [6.07, 6.45) is 1.46. The van der Waals surface area contributed by atoms with Crippen LogP contribution in [0.2, 0.25) is 0 Å². The van der Waals surface area contributed by atoms with Gasteiger partial charge in [-0.1, -0.05) is 29.5 Å². The number of amides is 2. The first kappa shape index (κ1) is 21.8. The van der Waals surface area contributed by atoms with Crippen molar-refractivity contribution in [2.75, 3.05) is 38.7 Å². The van der Waals surface area contributed by atoms with Gasteiger partial charge in [0.2, 0.25) is 5.88 Å². The number of nitrogens with one attached hydrogen (secondary N) is 1. The molecule has 1 saturated heterocycles. The number of hydrogen-bond donors (Lipinski definition) is 1. The molecule has 5 rings (SSSR count). The summed E-state index contributed by atoms with van der Waals surface area (Å²) in [6.45, 7) is 2.10. The highest BCUT2D eigenvalue weighted by Crippen LogP contribution is 2.40. The van der Waals surface area contributed by atoms with Gasteiger partial charge in [-0.15, -0.1) is 0 Å². The summed E-state index contributed by atoms with van der Waals surface area (Å²) in [4.78, 5) is 28.6. The highest BCUT2D eigenvalue weighted by Gasteiger charge is 2.21. The Kier molecular flexibility index (Phi) is 6.03. The van der Waals surface area contributed by atoms with Crippen molar-refractivity contribution < 1.29 is 14.3 Å². The lowest BCUT2D eigenvalue weighted by Crippen LogP contribution is -2.43. The highest BCUT2D eigenvalue weighted by atomic mass is 32.1. The van der Waals surface area contributed by atoms with Crippen molar-refractivity contribution in [3.63, 3.8) is 0 Å². The van der Waals surface area contributed by atoms with Crippen molar-refractivity contribution in [1.29, 1.82) is 5.26 Å². The Hall–Kier alpha value is -4.07. The first-order valence-corrected chi connectivity index (χ1v) is 11.4. The lowest BCUT2D eigenvalue weighted by molar-refractivity contribution is 0.0564. The molecule has 1 aliphatic rings. The molecule has 34 heavy (non-hydrogen) atoms. The molecule has 3 heterocycles. The van der Waals surface area contributed by atoms with Gasteiger partial charge in [-0.2, -0.15) is 5.26 Å². The molecule has 2 aromatic heterocycles. The summed E-state index contributed by atoms with van der Waals surface area (Å²) >= 11 is 1.37. The third kappa shape index (κ3) is 4.26. The van der Waals surface area contributed by atoms with E-state index in [4.69, 9.17) is 14.5 Å². The summed E-state index contributed by atoms with van der Waals surface area (Å²) in [5, 5.41) is 13.5. The second-order valence-corrected chi connectivity index (χ2v) is 8.53. The van der Waals surface area contributed by atoms with Crippen LogP contribution in [-0.4, -0.2) is 59.3 Å². The second kappa shape index (κ2) is 9.43. The van der Waals surface area contributed by atoms with Crippen molar-refractivity contribution in [2.24, 2.45) is 0 Å². The van der Waals surface area contributed by atoms with Gasteiger partial charge in [-0.25, -0.2) is 19.7 Å². The predicted molar refractivity (Wildman–Crippen MR) is 129 cm³/mol. The highest BCUT2D eigenvalue weighted by molar-refractivity contribution is 7.19. The van der Waals surface area contributed by atoms with Crippen LogP contribution in [0.25, 0.3) is 32.6 Å². The number of fused-ring (bicyclic) bond motifs is 1. The number of aromatic nitrogens is 3. The van der Waals surface area contributed by atoms with Gasteiger partial charge in [0.1, 0.15) is 6.33 Å². The molecule has 0 saturated carbocycles. The van der Waals surface area contributed by atoms with Crippen LogP contribution < -0.4 is 10.1 Å². The molecule has 2 aromatic carbocycles. The molecule has 1 aliphatic heterocycles. The van der Waals surface area contributed by atoms with Gasteiger partial charge in [0.05, 0.1) is 53.4 Å². The Morgan fingerprint density at radius 2 is 2.03 bits per heavy atom. The molecule has 0 bridgehead atoms. The summed E-state index contributed by atoms with van der Waals surface area (Å²) < 4.78 is 10.7. The zero-order chi connectivity index (χ0) is 23.5. The van der Waals surface area contributed by atoms with E-state index in [1.54, 1.807) is 24.1 Å². The van der Waals surface area contributed by atoms with Crippen molar-refractivity contribution in [1.82, 2.24) is 19.9 Å². The van der Waals surface area contributed by atoms with Gasteiger partial charge in [-0.05, 0) is 29.8 Å². The molecule has 10 heteroatoms. The number of urea groups is 1. The summed E-state index contributed by atoms with van der Waals surface area (Å²) in [5.41, 5.74) is 3.63. The summed E-state index contributed by atoms with van der Waals surface area (Å²) in [5.74, 6) is 0.477. The minimum absolute atomic E-state index is 0.213. The minimum Gasteiger partial charge on any atom is -0.480 e. The third-order valence-corrected chi connectivity index (χ3v) is 6.48. The SMILES string of the molecule is COc1ncnc2ccc(-c3sc(NC(=O)N4CCOCC4)nc3-c3cccc(C#N)c3)cc12. The van der Waals surface area contributed by atoms with Crippen molar-refractivity contribution in [2.45, 2.75) is 0 Å². The van der Waals surface area contributed by atoms with E-state index in [1.165, 1.54) is 17.7 Å². The zero-order valence-corrected chi connectivity index (χ0v) is 19.1. The van der Waals surface area contributed by atoms with Gasteiger partial charge in [0.15, 0.2) is 5.13 Å². The standard InChI is InChI=1S/C24H20N6O3S/c1-32-22-18-12-17(5-6-19(18)26-14-27-22)21-20(16-4-2-3-15(11-16)13-25)28-23(34-21)29-24(31)30-7-9-33-10-8-30/h2-6,11-12,14H,7-10H2,1H3,(H,28,29,31). The van der Waals surface area contributed by atoms with Crippen molar-refractivity contribution in [3.05, 3.63) is 54.4 Å². The average molecular weight is 473 g/mol. The Labute approximate surface area is 199 Å². The number of thiazole rings is 1. The monoisotopic (exact) mass is 472 g/mol. The molecule has 0 unspecified atom stereocenters. The van der Waals surface area contributed by atoms with Crippen LogP contribution in [0.1, 0.15) is 5.56 Å². The summed E-state index contributed by atoms with van der Waals surface area (Å²) in [6, 6.07) is 15.0. The molecule has 1 N–H and O–H groups in total. The fraction of sp³-hybridized carbons (Fsp3) is 0.208. The Morgan fingerprint density at radius 3 is 2.82 bits per heavy atom. The molecule has 2 amide bonds. The maximum Gasteiger partial charge on any atom is 0.323 e. The molecular weight excluding hydrogens is 452 g/mol. The number of methoxy groups -OCH3 is 1. The van der Waals surface area contributed by atoms with Gasteiger partial charge in [-0.3, -0.25) is 5.32 Å². The quantitative estimate of drug-likeness (QED) is 0.474. The molecular formula is C24H20N6O3S. The van der Waals surface area contributed by atoms with E-state index < -0.39 is 0 Å².